The van der Waals surface area contributed by atoms with Crippen molar-refractivity contribution in [3.8, 4) is 0 Å². The van der Waals surface area contributed by atoms with Crippen LogP contribution in [0.1, 0.15) is 42.5 Å². The maximum atomic E-state index is 3.66. The smallest absolute Gasteiger partial charge is 0.0302 e. The molecule has 1 N–H and O–H groups in total. The Balaban J connectivity index is 1.76. The van der Waals surface area contributed by atoms with Gasteiger partial charge in [-0.15, -0.1) is 11.3 Å². The summed E-state index contributed by atoms with van der Waals surface area (Å²) in [6.07, 6.45) is 3.99. The van der Waals surface area contributed by atoms with Crippen molar-refractivity contribution in [2.24, 2.45) is 0 Å². The predicted molar refractivity (Wildman–Crippen MR) is 80.4 cm³/mol. The van der Waals surface area contributed by atoms with E-state index >= 15 is 0 Å². The predicted octanol–water partition coefficient (Wildman–Crippen LogP) is 3.06. The summed E-state index contributed by atoms with van der Waals surface area (Å²) in [5.41, 5.74) is 1.62. The topological polar surface area (TPSA) is 15.3 Å². The van der Waals surface area contributed by atoms with Crippen LogP contribution in [0, 0.1) is 0 Å². The fraction of sp³-hybridized carbons (Fsp3) is 0.733. The summed E-state index contributed by atoms with van der Waals surface area (Å²) >= 11 is 2.02. The van der Waals surface area contributed by atoms with Gasteiger partial charge in [-0.2, -0.15) is 0 Å². The highest BCUT2D eigenvalue weighted by Crippen LogP contribution is 2.30. The second kappa shape index (κ2) is 6.69. The number of nitrogens with zero attached hydrogens (tertiary/aromatic N) is 1. The van der Waals surface area contributed by atoms with E-state index in [9.17, 15) is 0 Å². The Morgan fingerprint density at radius 3 is 2.78 bits per heavy atom. The maximum absolute atomic E-state index is 3.66. The van der Waals surface area contributed by atoms with Crippen molar-refractivity contribution in [3.63, 3.8) is 0 Å². The first-order valence-corrected chi connectivity index (χ1v) is 8.10. The number of aryl methyl sites for hydroxylation is 2. The molecule has 0 amide bonds. The van der Waals surface area contributed by atoms with Crippen LogP contribution >= 0.6 is 11.3 Å². The third-order valence-electron chi connectivity index (χ3n) is 3.85. The zero-order valence-electron chi connectivity index (χ0n) is 12.0. The number of hydrogen-bond acceptors (Lipinski definition) is 3. The molecule has 0 radical (unpaired) electrons. The van der Waals surface area contributed by atoms with Gasteiger partial charge < -0.3 is 10.2 Å². The van der Waals surface area contributed by atoms with Crippen LogP contribution in [0.4, 0.5) is 0 Å². The van der Waals surface area contributed by atoms with Crippen LogP contribution in [0.3, 0.4) is 0 Å². The van der Waals surface area contributed by atoms with Crippen molar-refractivity contribution in [3.05, 3.63) is 21.4 Å². The Morgan fingerprint density at radius 2 is 2.11 bits per heavy atom. The highest BCUT2D eigenvalue weighted by atomic mass is 32.1. The monoisotopic (exact) mass is 266 g/mol. The number of thiophene rings is 1. The molecule has 2 nitrogen and oxygen atoms in total. The molecule has 18 heavy (non-hydrogen) atoms. The van der Waals surface area contributed by atoms with Gasteiger partial charge in [-0.3, -0.25) is 0 Å². The van der Waals surface area contributed by atoms with Crippen LogP contribution < -0.4 is 5.32 Å². The second-order valence-electron chi connectivity index (χ2n) is 5.28. The normalized spacial score (nSPS) is 16.2. The van der Waals surface area contributed by atoms with E-state index in [1.165, 1.54) is 24.1 Å². The molecule has 2 rings (SSSR count). The number of likely N-dealkylation sites (N-methyl/N-ethyl adjacent to an activating group) is 1. The molecule has 1 unspecified atom stereocenters. The number of rotatable bonds is 7. The van der Waals surface area contributed by atoms with Crippen molar-refractivity contribution in [2.75, 3.05) is 19.6 Å². The fourth-order valence-corrected chi connectivity index (χ4v) is 3.90. The molecule has 0 saturated heterocycles. The Bertz CT molecular complexity index is 347. The molecule has 0 spiro atoms. The Hall–Kier alpha value is -0.380. The first-order chi connectivity index (χ1) is 8.72. The summed E-state index contributed by atoms with van der Waals surface area (Å²) in [5, 5.41) is 3.66. The summed E-state index contributed by atoms with van der Waals surface area (Å²) in [7, 11) is 0. The van der Waals surface area contributed by atoms with E-state index in [0.717, 1.165) is 26.2 Å². The van der Waals surface area contributed by atoms with Gasteiger partial charge in [0, 0.05) is 28.9 Å². The summed E-state index contributed by atoms with van der Waals surface area (Å²) in [5.74, 6) is 0. The molecular formula is C15H26N2S. The molecule has 1 aliphatic carbocycles. The summed E-state index contributed by atoms with van der Waals surface area (Å²) in [6.45, 7) is 11.3. The van der Waals surface area contributed by atoms with E-state index in [4.69, 9.17) is 0 Å². The summed E-state index contributed by atoms with van der Waals surface area (Å²) in [6, 6.07) is 2.99. The highest BCUT2D eigenvalue weighted by Gasteiger charge is 2.15. The Morgan fingerprint density at radius 1 is 1.33 bits per heavy atom. The maximum Gasteiger partial charge on any atom is 0.0302 e. The Labute approximate surface area is 115 Å². The minimum absolute atomic E-state index is 0.571. The van der Waals surface area contributed by atoms with Gasteiger partial charge in [0.1, 0.15) is 0 Å². The zero-order chi connectivity index (χ0) is 13.0. The van der Waals surface area contributed by atoms with E-state index in [2.05, 4.69) is 37.1 Å². The molecule has 102 valence electrons. The van der Waals surface area contributed by atoms with E-state index < -0.39 is 0 Å². The van der Waals surface area contributed by atoms with Gasteiger partial charge >= 0.3 is 0 Å². The van der Waals surface area contributed by atoms with Gasteiger partial charge in [0.2, 0.25) is 0 Å². The van der Waals surface area contributed by atoms with Gasteiger partial charge in [-0.1, -0.05) is 13.8 Å². The average molecular weight is 266 g/mol. The molecule has 0 bridgehead atoms. The lowest BCUT2D eigenvalue weighted by atomic mass is 10.2. The van der Waals surface area contributed by atoms with Crippen LogP contribution in [0.15, 0.2) is 6.07 Å². The lowest BCUT2D eigenvalue weighted by Crippen LogP contribution is -2.38. The molecule has 1 aromatic heterocycles. The third-order valence-corrected chi connectivity index (χ3v) is 5.09. The zero-order valence-corrected chi connectivity index (χ0v) is 12.8. The van der Waals surface area contributed by atoms with Crippen molar-refractivity contribution >= 4 is 11.3 Å². The molecule has 1 heterocycles. The molecule has 1 aromatic rings. The van der Waals surface area contributed by atoms with Crippen LogP contribution in [-0.2, 0) is 19.4 Å². The average Bonchev–Trinajstić information content (AvgIpc) is 2.93. The van der Waals surface area contributed by atoms with Crippen molar-refractivity contribution in [1.82, 2.24) is 10.2 Å². The van der Waals surface area contributed by atoms with Crippen molar-refractivity contribution in [1.29, 1.82) is 0 Å². The first kappa shape index (κ1) is 14.0. The number of hydrogen-bond donors (Lipinski definition) is 1. The van der Waals surface area contributed by atoms with Crippen LogP contribution in [0.5, 0.6) is 0 Å². The molecule has 0 aromatic carbocycles. The van der Waals surface area contributed by atoms with Crippen molar-refractivity contribution < 1.29 is 0 Å². The van der Waals surface area contributed by atoms with Crippen LogP contribution in [0.25, 0.3) is 0 Å². The minimum atomic E-state index is 0.571. The molecule has 0 aliphatic heterocycles. The second-order valence-corrected chi connectivity index (χ2v) is 6.50. The SMILES string of the molecule is CCN(CC)CC(C)NCc1cc2c(s1)CCC2. The van der Waals surface area contributed by atoms with Gasteiger partial charge in [0.25, 0.3) is 0 Å². The third kappa shape index (κ3) is 3.56. The van der Waals surface area contributed by atoms with E-state index in [1.807, 2.05) is 11.3 Å². The first-order valence-electron chi connectivity index (χ1n) is 7.29. The quantitative estimate of drug-likeness (QED) is 0.816. The molecule has 3 heteroatoms. The molecule has 0 saturated carbocycles. The molecular weight excluding hydrogens is 240 g/mol. The summed E-state index contributed by atoms with van der Waals surface area (Å²) < 4.78 is 0. The lowest BCUT2D eigenvalue weighted by molar-refractivity contribution is 0.271. The van der Waals surface area contributed by atoms with Crippen LogP contribution in [0.2, 0.25) is 0 Å². The van der Waals surface area contributed by atoms with Crippen LogP contribution in [-0.4, -0.2) is 30.6 Å². The summed E-state index contributed by atoms with van der Waals surface area (Å²) in [4.78, 5) is 5.64. The Kier molecular flexibility index (Phi) is 5.22. The van der Waals surface area contributed by atoms with Crippen molar-refractivity contribution in [2.45, 2.75) is 52.6 Å². The fourth-order valence-electron chi connectivity index (χ4n) is 2.69. The largest absolute Gasteiger partial charge is 0.308 e. The standard InChI is InChI=1S/C15H26N2S/c1-4-17(5-2)11-12(3)16-10-14-9-13-7-6-8-15(13)18-14/h9,12,16H,4-8,10-11H2,1-3H3. The lowest BCUT2D eigenvalue weighted by Gasteiger charge is -2.23. The van der Waals surface area contributed by atoms with Gasteiger partial charge in [-0.05, 0) is 50.9 Å². The molecule has 1 atom stereocenters. The van der Waals surface area contributed by atoms with Gasteiger partial charge in [0.15, 0.2) is 0 Å². The number of nitrogens with one attached hydrogen (secondary N) is 1. The van der Waals surface area contributed by atoms with Gasteiger partial charge in [-0.25, -0.2) is 0 Å². The number of fused-ring (bicyclic) bond motifs is 1. The van der Waals surface area contributed by atoms with E-state index in [-0.39, 0.29) is 0 Å². The van der Waals surface area contributed by atoms with E-state index in [1.54, 1.807) is 10.4 Å². The highest BCUT2D eigenvalue weighted by molar-refractivity contribution is 7.12. The minimum Gasteiger partial charge on any atom is -0.308 e. The molecule has 0 fully saturated rings. The van der Waals surface area contributed by atoms with Gasteiger partial charge in [0.05, 0.1) is 0 Å². The molecule has 1 aliphatic rings. The van der Waals surface area contributed by atoms with E-state index in [0.29, 0.717) is 6.04 Å².